The maximum Gasteiger partial charge on any atom is 0.322 e. The van der Waals surface area contributed by atoms with Gasteiger partial charge in [-0.3, -0.25) is 24.3 Å². The second-order valence-electron chi connectivity index (χ2n) is 5.40. The Morgan fingerprint density at radius 3 is 2.61 bits per heavy atom. The lowest BCUT2D eigenvalue weighted by Crippen LogP contribution is -2.29. The minimum Gasteiger partial charge on any atom is -0.336 e. The molecule has 0 aliphatic carbocycles. The highest BCUT2D eigenvalue weighted by molar-refractivity contribution is 5.96. The molecule has 9 heteroatoms. The summed E-state index contributed by atoms with van der Waals surface area (Å²) in [5.41, 5.74) is 1.84. The van der Waals surface area contributed by atoms with Gasteiger partial charge in [-0.1, -0.05) is 0 Å². The van der Waals surface area contributed by atoms with Gasteiger partial charge in [-0.25, -0.2) is 0 Å². The summed E-state index contributed by atoms with van der Waals surface area (Å²) < 4.78 is 3.10. The summed E-state index contributed by atoms with van der Waals surface area (Å²) in [6.07, 6.45) is 1.71. The third-order valence-corrected chi connectivity index (χ3v) is 3.83. The van der Waals surface area contributed by atoms with Crippen molar-refractivity contribution in [3.05, 3.63) is 39.0 Å². The van der Waals surface area contributed by atoms with Crippen LogP contribution < -0.4 is 0 Å². The Morgan fingerprint density at radius 1 is 1.43 bits per heavy atom. The molecule has 9 nitrogen and oxygen atoms in total. The molecule has 1 amide bonds. The Bertz CT molecular complexity index is 761. The molecule has 0 spiro atoms. The number of carbonyl (C=O) groups excluding carboxylic acids is 1. The summed E-state index contributed by atoms with van der Waals surface area (Å²) in [6, 6.07) is 0. The summed E-state index contributed by atoms with van der Waals surface area (Å²) in [5, 5.41) is 19.4. The normalized spacial score (nSPS) is 10.8. The van der Waals surface area contributed by atoms with E-state index in [0.29, 0.717) is 6.54 Å². The van der Waals surface area contributed by atoms with E-state index in [-0.39, 0.29) is 17.1 Å². The van der Waals surface area contributed by atoms with Gasteiger partial charge in [-0.15, -0.1) is 0 Å². The molecular weight excluding hydrogens is 300 g/mol. The molecule has 0 saturated carbocycles. The van der Waals surface area contributed by atoms with E-state index in [4.69, 9.17) is 0 Å². The van der Waals surface area contributed by atoms with Crippen molar-refractivity contribution in [3.63, 3.8) is 0 Å². The number of carbonyl (C=O) groups is 1. The minimum absolute atomic E-state index is 0.0180. The molecule has 2 rings (SSSR count). The predicted octanol–water partition coefficient (Wildman–Crippen LogP) is 1.43. The smallest absolute Gasteiger partial charge is 0.322 e. The summed E-state index contributed by atoms with van der Waals surface area (Å²) in [4.78, 5) is 24.7. The van der Waals surface area contributed by atoms with Gasteiger partial charge in [-0.05, 0) is 20.8 Å². The van der Waals surface area contributed by atoms with Gasteiger partial charge in [0.2, 0.25) is 5.69 Å². The molecule has 23 heavy (non-hydrogen) atoms. The predicted molar refractivity (Wildman–Crippen MR) is 83.0 cm³/mol. The van der Waals surface area contributed by atoms with Crippen molar-refractivity contribution in [2.75, 3.05) is 7.05 Å². The van der Waals surface area contributed by atoms with Gasteiger partial charge in [0.15, 0.2) is 0 Å². The maximum absolute atomic E-state index is 12.6. The lowest BCUT2D eigenvalue weighted by molar-refractivity contribution is -0.385. The summed E-state index contributed by atoms with van der Waals surface area (Å²) >= 11 is 0. The highest BCUT2D eigenvalue weighted by Crippen LogP contribution is 2.24. The summed E-state index contributed by atoms with van der Waals surface area (Å²) in [6.45, 7) is 6.51. The number of aromatic nitrogens is 4. The van der Waals surface area contributed by atoms with Crippen molar-refractivity contribution < 1.29 is 9.72 Å². The van der Waals surface area contributed by atoms with Crippen LogP contribution >= 0.6 is 0 Å². The summed E-state index contributed by atoms with van der Waals surface area (Å²) in [7, 11) is 3.14. The van der Waals surface area contributed by atoms with Crippen LogP contribution in [0.2, 0.25) is 0 Å². The molecule has 0 saturated heterocycles. The minimum atomic E-state index is -0.566. The van der Waals surface area contributed by atoms with E-state index >= 15 is 0 Å². The maximum atomic E-state index is 12.6. The highest BCUT2D eigenvalue weighted by Gasteiger charge is 2.31. The first kappa shape index (κ1) is 16.7. The fourth-order valence-corrected chi connectivity index (χ4v) is 2.57. The summed E-state index contributed by atoms with van der Waals surface area (Å²) in [5.74, 6) is -0.441. The SMILES string of the molecule is CCn1ncc(CN(C)C(=O)c2c([N+](=O)[O-])c(C)nn2C)c1C. The second kappa shape index (κ2) is 6.19. The lowest BCUT2D eigenvalue weighted by Gasteiger charge is -2.16. The van der Waals surface area contributed by atoms with Crippen LogP contribution in [-0.4, -0.2) is 42.3 Å². The van der Waals surface area contributed by atoms with E-state index in [1.54, 1.807) is 13.2 Å². The largest absolute Gasteiger partial charge is 0.336 e. The van der Waals surface area contributed by atoms with E-state index in [1.807, 2.05) is 18.5 Å². The van der Waals surface area contributed by atoms with Crippen molar-refractivity contribution in [2.45, 2.75) is 33.9 Å². The van der Waals surface area contributed by atoms with Gasteiger partial charge in [0, 0.05) is 38.4 Å². The Morgan fingerprint density at radius 2 is 2.09 bits per heavy atom. The van der Waals surface area contributed by atoms with E-state index in [9.17, 15) is 14.9 Å². The number of nitrogens with zero attached hydrogens (tertiary/aromatic N) is 6. The van der Waals surface area contributed by atoms with Gasteiger partial charge in [0.1, 0.15) is 5.69 Å². The van der Waals surface area contributed by atoms with Crippen molar-refractivity contribution in [3.8, 4) is 0 Å². The van der Waals surface area contributed by atoms with Crippen LogP contribution in [-0.2, 0) is 20.1 Å². The van der Waals surface area contributed by atoms with E-state index in [0.717, 1.165) is 17.8 Å². The van der Waals surface area contributed by atoms with Crippen LogP contribution in [0.15, 0.2) is 6.20 Å². The van der Waals surface area contributed by atoms with Crippen LogP contribution in [0.1, 0.15) is 34.4 Å². The molecule has 0 fully saturated rings. The average Bonchev–Trinajstić information content (AvgIpc) is 2.98. The standard InChI is InChI=1S/C14H20N6O3/c1-6-19-10(3)11(7-15-19)8-17(4)14(21)13-12(20(22)23)9(2)16-18(13)5/h7H,6,8H2,1-5H3. The third-order valence-electron chi connectivity index (χ3n) is 3.83. The number of aryl methyl sites for hydroxylation is 3. The van der Waals surface area contributed by atoms with Crippen molar-refractivity contribution in [1.82, 2.24) is 24.5 Å². The van der Waals surface area contributed by atoms with Crippen LogP contribution in [0.4, 0.5) is 5.69 Å². The number of amides is 1. The van der Waals surface area contributed by atoms with Gasteiger partial charge in [-0.2, -0.15) is 10.2 Å². The Balaban J connectivity index is 2.30. The van der Waals surface area contributed by atoms with E-state index in [2.05, 4.69) is 10.2 Å². The molecule has 0 bridgehead atoms. The fourth-order valence-electron chi connectivity index (χ4n) is 2.57. The van der Waals surface area contributed by atoms with E-state index in [1.165, 1.54) is 23.6 Å². The van der Waals surface area contributed by atoms with Crippen LogP contribution in [0.25, 0.3) is 0 Å². The third kappa shape index (κ3) is 2.94. The van der Waals surface area contributed by atoms with Crippen LogP contribution in [0.5, 0.6) is 0 Å². The Hall–Kier alpha value is -2.71. The molecule has 0 aliphatic heterocycles. The molecule has 124 valence electrons. The molecule has 2 aromatic rings. The second-order valence-corrected chi connectivity index (χ2v) is 5.40. The fraction of sp³-hybridized carbons (Fsp3) is 0.500. The molecule has 2 heterocycles. The van der Waals surface area contributed by atoms with Gasteiger partial charge in [0.25, 0.3) is 5.91 Å². The molecule has 0 N–H and O–H groups in total. The molecule has 2 aromatic heterocycles. The number of hydrogen-bond donors (Lipinski definition) is 0. The number of hydrogen-bond acceptors (Lipinski definition) is 5. The number of rotatable bonds is 5. The highest BCUT2D eigenvalue weighted by atomic mass is 16.6. The monoisotopic (exact) mass is 320 g/mol. The zero-order valence-electron chi connectivity index (χ0n) is 13.9. The van der Waals surface area contributed by atoms with Gasteiger partial charge >= 0.3 is 5.69 Å². The molecule has 0 radical (unpaired) electrons. The molecule has 0 aliphatic rings. The quantitative estimate of drug-likeness (QED) is 0.613. The molecular formula is C14H20N6O3. The first-order valence-corrected chi connectivity index (χ1v) is 7.22. The molecule has 0 unspecified atom stereocenters. The average molecular weight is 320 g/mol. The van der Waals surface area contributed by atoms with E-state index < -0.39 is 10.8 Å². The zero-order chi connectivity index (χ0) is 17.3. The lowest BCUT2D eigenvalue weighted by atomic mass is 10.2. The van der Waals surface area contributed by atoms with Crippen molar-refractivity contribution in [1.29, 1.82) is 0 Å². The van der Waals surface area contributed by atoms with Crippen molar-refractivity contribution >= 4 is 11.6 Å². The first-order valence-electron chi connectivity index (χ1n) is 7.22. The van der Waals surface area contributed by atoms with Gasteiger partial charge < -0.3 is 4.90 Å². The first-order chi connectivity index (χ1) is 10.8. The van der Waals surface area contributed by atoms with Crippen LogP contribution in [0.3, 0.4) is 0 Å². The van der Waals surface area contributed by atoms with Gasteiger partial charge in [0.05, 0.1) is 11.1 Å². The Kier molecular flexibility index (Phi) is 4.48. The molecule has 0 atom stereocenters. The Labute approximate surface area is 133 Å². The zero-order valence-corrected chi connectivity index (χ0v) is 13.9. The van der Waals surface area contributed by atoms with Crippen molar-refractivity contribution in [2.24, 2.45) is 7.05 Å². The molecule has 0 aromatic carbocycles. The topological polar surface area (TPSA) is 99.1 Å². The van der Waals surface area contributed by atoms with Crippen LogP contribution in [0, 0.1) is 24.0 Å². The number of nitro groups is 1.